The predicted octanol–water partition coefficient (Wildman–Crippen LogP) is 0.759. The molecule has 0 aliphatic carbocycles. The molecule has 0 bridgehead atoms. The molecule has 1 fully saturated rings. The van der Waals surface area contributed by atoms with Gasteiger partial charge in [-0.15, -0.1) is 0 Å². The Bertz CT molecular complexity index is 955. The van der Waals surface area contributed by atoms with Crippen molar-refractivity contribution >= 4 is 37.6 Å². The number of nitrogens with zero attached hydrogens (tertiary/aromatic N) is 2. The molecular formula is C17H26ClN3O6S2. The van der Waals surface area contributed by atoms with Crippen LogP contribution in [0.25, 0.3) is 0 Å². The highest BCUT2D eigenvalue weighted by molar-refractivity contribution is 7.89. The highest BCUT2D eigenvalue weighted by atomic mass is 35.5. The molecule has 2 rings (SSSR count). The van der Waals surface area contributed by atoms with Crippen LogP contribution in [0.3, 0.4) is 0 Å². The first-order valence-electron chi connectivity index (χ1n) is 8.98. The number of carbonyl (C=O) groups is 1. The smallest absolute Gasteiger partial charge is 0.252 e. The molecule has 164 valence electrons. The molecule has 1 aliphatic heterocycles. The minimum atomic E-state index is -3.74. The second-order valence-electron chi connectivity index (χ2n) is 7.08. The van der Waals surface area contributed by atoms with E-state index in [1.165, 1.54) is 36.6 Å². The molecular weight excluding hydrogens is 442 g/mol. The predicted molar refractivity (Wildman–Crippen MR) is 110 cm³/mol. The van der Waals surface area contributed by atoms with Crippen LogP contribution in [0.15, 0.2) is 23.1 Å². The summed E-state index contributed by atoms with van der Waals surface area (Å²) >= 11 is 6.03. The lowest BCUT2D eigenvalue weighted by Gasteiger charge is -2.34. The number of sulfonamides is 2. The summed E-state index contributed by atoms with van der Waals surface area (Å²) < 4.78 is 57.5. The average molecular weight is 468 g/mol. The Balaban J connectivity index is 2.06. The number of halogens is 1. The number of morpholine rings is 1. The highest BCUT2D eigenvalue weighted by Crippen LogP contribution is 2.22. The van der Waals surface area contributed by atoms with Gasteiger partial charge in [0.1, 0.15) is 0 Å². The number of ether oxygens (including phenoxy) is 1. The Morgan fingerprint density at radius 1 is 1.21 bits per heavy atom. The quantitative estimate of drug-likeness (QED) is 0.633. The van der Waals surface area contributed by atoms with E-state index in [9.17, 15) is 21.6 Å². The van der Waals surface area contributed by atoms with Crippen molar-refractivity contribution in [1.29, 1.82) is 0 Å². The van der Waals surface area contributed by atoms with Gasteiger partial charge in [-0.2, -0.15) is 4.31 Å². The lowest BCUT2D eigenvalue weighted by atomic mass is 10.2. The van der Waals surface area contributed by atoms with Crippen molar-refractivity contribution in [1.82, 2.24) is 13.9 Å². The number of nitrogens with one attached hydrogen (secondary N) is 1. The summed E-state index contributed by atoms with van der Waals surface area (Å²) in [6.45, 7) is 3.99. The maximum Gasteiger partial charge on any atom is 0.252 e. The van der Waals surface area contributed by atoms with E-state index < -0.39 is 26.0 Å². The highest BCUT2D eigenvalue weighted by Gasteiger charge is 2.30. The van der Waals surface area contributed by atoms with Gasteiger partial charge in [0.15, 0.2) is 0 Å². The van der Waals surface area contributed by atoms with Crippen LogP contribution in [0.1, 0.15) is 24.2 Å². The molecule has 1 aromatic rings. The number of carbonyl (C=O) groups excluding carboxylic acids is 1. The van der Waals surface area contributed by atoms with Crippen LogP contribution in [0.4, 0.5) is 0 Å². The molecule has 12 heteroatoms. The molecule has 2 atom stereocenters. The summed E-state index contributed by atoms with van der Waals surface area (Å²) in [6.07, 6.45) is -0.411. The fourth-order valence-corrected chi connectivity index (χ4v) is 5.55. The van der Waals surface area contributed by atoms with E-state index in [-0.39, 0.29) is 53.1 Å². The molecule has 0 spiro atoms. The Morgan fingerprint density at radius 3 is 2.34 bits per heavy atom. The number of amides is 1. The molecule has 1 saturated heterocycles. The SMILES string of the molecule is CC1CN(S(=O)(=O)CCNC(=O)c2cc(S(=O)(=O)N(C)C)ccc2Cl)CC(C)O1. The third-order valence-electron chi connectivity index (χ3n) is 4.39. The van der Waals surface area contributed by atoms with Crippen molar-refractivity contribution in [3.63, 3.8) is 0 Å². The first-order valence-corrected chi connectivity index (χ1v) is 12.4. The van der Waals surface area contributed by atoms with E-state index in [1.807, 2.05) is 0 Å². The number of benzene rings is 1. The molecule has 0 aromatic heterocycles. The normalized spacial score (nSPS) is 21.3. The van der Waals surface area contributed by atoms with E-state index in [4.69, 9.17) is 16.3 Å². The second-order valence-corrected chi connectivity index (χ2v) is 11.7. The second kappa shape index (κ2) is 9.27. The van der Waals surface area contributed by atoms with Gasteiger partial charge in [-0.1, -0.05) is 11.6 Å². The molecule has 1 aromatic carbocycles. The molecule has 1 heterocycles. The molecule has 1 N–H and O–H groups in total. The lowest BCUT2D eigenvalue weighted by Crippen LogP contribution is -2.49. The van der Waals surface area contributed by atoms with E-state index in [2.05, 4.69) is 5.32 Å². The number of hydrogen-bond donors (Lipinski definition) is 1. The van der Waals surface area contributed by atoms with Gasteiger partial charge in [-0.25, -0.2) is 21.1 Å². The maximum atomic E-state index is 12.5. The summed E-state index contributed by atoms with van der Waals surface area (Å²) in [5.41, 5.74) is -0.0411. The van der Waals surface area contributed by atoms with Crippen molar-refractivity contribution in [3.05, 3.63) is 28.8 Å². The fourth-order valence-electron chi connectivity index (χ4n) is 2.93. The van der Waals surface area contributed by atoms with Crippen LogP contribution in [0.5, 0.6) is 0 Å². The van der Waals surface area contributed by atoms with E-state index in [1.54, 1.807) is 13.8 Å². The van der Waals surface area contributed by atoms with Crippen LogP contribution < -0.4 is 5.32 Å². The van der Waals surface area contributed by atoms with E-state index in [0.29, 0.717) is 0 Å². The summed E-state index contributed by atoms with van der Waals surface area (Å²) in [5.74, 6) is -0.935. The Hall–Kier alpha value is -1.24. The van der Waals surface area contributed by atoms with Gasteiger partial charge in [-0.3, -0.25) is 4.79 Å². The largest absolute Gasteiger partial charge is 0.373 e. The van der Waals surface area contributed by atoms with Gasteiger partial charge in [0.2, 0.25) is 20.0 Å². The van der Waals surface area contributed by atoms with Crippen LogP contribution in [-0.2, 0) is 24.8 Å². The summed E-state index contributed by atoms with van der Waals surface area (Å²) in [6, 6.07) is 3.80. The average Bonchev–Trinajstić information content (AvgIpc) is 2.60. The van der Waals surface area contributed by atoms with Gasteiger partial charge in [0, 0.05) is 33.7 Å². The van der Waals surface area contributed by atoms with Crippen molar-refractivity contribution in [2.75, 3.05) is 39.5 Å². The Morgan fingerprint density at radius 2 is 1.79 bits per heavy atom. The van der Waals surface area contributed by atoms with Crippen LogP contribution in [0.2, 0.25) is 5.02 Å². The van der Waals surface area contributed by atoms with Gasteiger partial charge >= 0.3 is 0 Å². The molecule has 1 aliphatic rings. The topological polar surface area (TPSA) is 113 Å². The zero-order chi connectivity index (χ0) is 22.0. The molecule has 2 unspecified atom stereocenters. The Labute approximate surface area is 177 Å². The van der Waals surface area contributed by atoms with Crippen molar-refractivity contribution < 1.29 is 26.4 Å². The summed E-state index contributed by atoms with van der Waals surface area (Å²) in [7, 11) is -4.56. The van der Waals surface area contributed by atoms with Gasteiger partial charge < -0.3 is 10.1 Å². The standard InChI is InChI=1S/C17H26ClN3O6S2/c1-12-10-21(11-13(2)27-12)28(23,24)8-7-19-17(22)15-9-14(5-6-16(15)18)29(25,26)20(3)4/h5-6,9,12-13H,7-8,10-11H2,1-4H3,(H,19,22). The minimum Gasteiger partial charge on any atom is -0.373 e. The lowest BCUT2D eigenvalue weighted by molar-refractivity contribution is -0.0440. The molecule has 29 heavy (non-hydrogen) atoms. The van der Waals surface area contributed by atoms with Crippen molar-refractivity contribution in [2.24, 2.45) is 0 Å². The monoisotopic (exact) mass is 467 g/mol. The van der Waals surface area contributed by atoms with E-state index in [0.717, 1.165) is 4.31 Å². The van der Waals surface area contributed by atoms with E-state index >= 15 is 0 Å². The molecule has 0 saturated carbocycles. The summed E-state index contributed by atoms with van der Waals surface area (Å²) in [5, 5.41) is 2.56. The van der Waals surface area contributed by atoms with Gasteiger partial charge in [0.25, 0.3) is 5.91 Å². The van der Waals surface area contributed by atoms with Crippen LogP contribution in [-0.4, -0.2) is 83.0 Å². The van der Waals surface area contributed by atoms with Crippen molar-refractivity contribution in [3.8, 4) is 0 Å². The molecule has 9 nitrogen and oxygen atoms in total. The molecule has 0 radical (unpaired) electrons. The number of rotatable bonds is 7. The van der Waals surface area contributed by atoms with Crippen molar-refractivity contribution in [2.45, 2.75) is 31.0 Å². The molecule has 1 amide bonds. The Kier molecular flexibility index (Phi) is 7.68. The summed E-state index contributed by atoms with van der Waals surface area (Å²) in [4.78, 5) is 12.4. The fraction of sp³-hybridized carbons (Fsp3) is 0.588. The van der Waals surface area contributed by atoms with Crippen LogP contribution >= 0.6 is 11.6 Å². The van der Waals surface area contributed by atoms with Gasteiger partial charge in [0.05, 0.1) is 33.4 Å². The zero-order valence-corrected chi connectivity index (χ0v) is 19.1. The minimum absolute atomic E-state index is 0.0411. The third-order valence-corrected chi connectivity index (χ3v) is 8.33. The zero-order valence-electron chi connectivity index (χ0n) is 16.8. The van der Waals surface area contributed by atoms with Crippen LogP contribution in [0, 0.1) is 0 Å². The first kappa shape index (κ1) is 24.0. The third kappa shape index (κ3) is 5.89. The van der Waals surface area contributed by atoms with Gasteiger partial charge in [-0.05, 0) is 32.0 Å². The number of hydrogen-bond acceptors (Lipinski definition) is 6. The first-order chi connectivity index (χ1) is 13.3. The maximum absolute atomic E-state index is 12.5.